The number of aromatic nitrogens is 2. The van der Waals surface area contributed by atoms with E-state index in [4.69, 9.17) is 4.74 Å². The van der Waals surface area contributed by atoms with Crippen LogP contribution in [0.2, 0.25) is 0 Å². The predicted molar refractivity (Wildman–Crippen MR) is 82.8 cm³/mol. The van der Waals surface area contributed by atoms with Gasteiger partial charge < -0.3 is 4.74 Å². The van der Waals surface area contributed by atoms with E-state index < -0.39 is 17.4 Å². The number of fused-ring (bicyclic) bond motifs is 1. The topological polar surface area (TPSA) is 90.3 Å². The smallest absolute Gasteiger partial charge is 0.345 e. The standard InChI is InChI=1S/C14H19N3O4S/c1-4-21-13(19)10-7-16-11-9(14(20)22-15-3)6-5-8(2)17(11)12(10)18/h7-9,15H,4-6H2,1-3H3. The summed E-state index contributed by atoms with van der Waals surface area (Å²) in [5.41, 5.74) is -0.533. The largest absolute Gasteiger partial charge is 0.462 e. The summed E-state index contributed by atoms with van der Waals surface area (Å²) in [6.45, 7) is 3.75. The molecular weight excluding hydrogens is 306 g/mol. The van der Waals surface area contributed by atoms with Crippen LogP contribution >= 0.6 is 11.9 Å². The lowest BCUT2D eigenvalue weighted by Crippen LogP contribution is -2.37. The summed E-state index contributed by atoms with van der Waals surface area (Å²) in [6, 6.07) is -0.104. The molecule has 0 spiro atoms. The van der Waals surface area contributed by atoms with Crippen LogP contribution in [0.1, 0.15) is 54.8 Å². The minimum absolute atomic E-state index is 0.0843. The lowest BCUT2D eigenvalue weighted by molar-refractivity contribution is -0.113. The summed E-state index contributed by atoms with van der Waals surface area (Å²) in [5, 5.41) is -0.0843. The number of ether oxygens (including phenoxy) is 1. The second kappa shape index (κ2) is 7.06. The summed E-state index contributed by atoms with van der Waals surface area (Å²) < 4.78 is 9.07. The number of nitrogens with zero attached hydrogens (tertiary/aromatic N) is 2. The van der Waals surface area contributed by atoms with Crippen LogP contribution in [-0.2, 0) is 9.53 Å². The second-order valence-electron chi connectivity index (χ2n) is 5.03. The van der Waals surface area contributed by atoms with Crippen molar-refractivity contribution in [2.24, 2.45) is 0 Å². The molecule has 0 aromatic carbocycles. The third kappa shape index (κ3) is 3.07. The average molecular weight is 325 g/mol. The van der Waals surface area contributed by atoms with Crippen LogP contribution in [0, 0.1) is 0 Å². The average Bonchev–Trinajstić information content (AvgIpc) is 2.48. The first-order chi connectivity index (χ1) is 10.5. The molecule has 0 fully saturated rings. The Balaban J connectivity index is 2.48. The molecule has 8 heteroatoms. The molecule has 22 heavy (non-hydrogen) atoms. The lowest BCUT2D eigenvalue weighted by atomic mass is 9.95. The summed E-state index contributed by atoms with van der Waals surface area (Å²) in [6.07, 6.45) is 2.54. The quantitative estimate of drug-likeness (QED) is 0.658. The van der Waals surface area contributed by atoms with Gasteiger partial charge in [0.05, 0.1) is 12.5 Å². The third-order valence-electron chi connectivity index (χ3n) is 3.63. The van der Waals surface area contributed by atoms with E-state index in [1.807, 2.05) is 6.92 Å². The molecule has 0 aliphatic carbocycles. The van der Waals surface area contributed by atoms with E-state index >= 15 is 0 Å². The van der Waals surface area contributed by atoms with Gasteiger partial charge in [-0.05, 0) is 45.7 Å². The zero-order valence-corrected chi connectivity index (χ0v) is 13.6. The lowest BCUT2D eigenvalue weighted by Gasteiger charge is -2.29. The van der Waals surface area contributed by atoms with Crippen LogP contribution in [0.5, 0.6) is 0 Å². The number of carbonyl (C=O) groups is 2. The van der Waals surface area contributed by atoms with Gasteiger partial charge in [-0.15, -0.1) is 0 Å². The predicted octanol–water partition coefficient (Wildman–Crippen LogP) is 1.25. The highest BCUT2D eigenvalue weighted by atomic mass is 32.2. The minimum Gasteiger partial charge on any atom is -0.462 e. The van der Waals surface area contributed by atoms with Gasteiger partial charge in [0.15, 0.2) is 0 Å². The van der Waals surface area contributed by atoms with Crippen molar-refractivity contribution in [2.45, 2.75) is 38.6 Å². The van der Waals surface area contributed by atoms with Gasteiger partial charge in [0.25, 0.3) is 5.56 Å². The fourth-order valence-corrected chi connectivity index (χ4v) is 3.14. The number of esters is 1. The molecule has 2 heterocycles. The molecule has 1 aromatic rings. The highest BCUT2D eigenvalue weighted by molar-refractivity contribution is 8.12. The first kappa shape index (κ1) is 16.7. The second-order valence-corrected chi connectivity index (χ2v) is 6.04. The molecule has 0 radical (unpaired) electrons. The van der Waals surface area contributed by atoms with Crippen molar-refractivity contribution in [3.8, 4) is 0 Å². The van der Waals surface area contributed by atoms with Gasteiger partial charge in [-0.25, -0.2) is 9.78 Å². The Kier molecular flexibility index (Phi) is 5.36. The summed E-state index contributed by atoms with van der Waals surface area (Å²) in [7, 11) is 1.67. The number of nitrogens with one attached hydrogen (secondary N) is 1. The Labute approximate surface area is 132 Å². The van der Waals surface area contributed by atoms with E-state index in [9.17, 15) is 14.4 Å². The minimum atomic E-state index is -0.680. The van der Waals surface area contributed by atoms with Crippen molar-refractivity contribution in [3.63, 3.8) is 0 Å². The molecule has 0 amide bonds. The molecule has 0 bridgehead atoms. The Hall–Kier alpha value is -1.67. The summed E-state index contributed by atoms with van der Waals surface area (Å²) in [5.74, 6) is -0.706. The molecule has 1 aliphatic heterocycles. The Morgan fingerprint density at radius 3 is 2.86 bits per heavy atom. The van der Waals surface area contributed by atoms with Gasteiger partial charge in [0.2, 0.25) is 5.12 Å². The number of carbonyl (C=O) groups excluding carboxylic acids is 2. The number of hydrogen-bond donors (Lipinski definition) is 1. The van der Waals surface area contributed by atoms with E-state index in [0.717, 1.165) is 11.9 Å². The number of hydrogen-bond acceptors (Lipinski definition) is 7. The number of rotatable bonds is 4. The SMILES string of the molecule is CCOC(=O)c1cnc2n(c1=O)C(C)CCC2C(=O)SNC. The molecule has 2 unspecified atom stereocenters. The van der Waals surface area contributed by atoms with Crippen LogP contribution in [-0.4, -0.2) is 34.3 Å². The van der Waals surface area contributed by atoms with Crippen LogP contribution in [0.25, 0.3) is 0 Å². The van der Waals surface area contributed by atoms with Gasteiger partial charge in [0.1, 0.15) is 11.4 Å². The first-order valence-electron chi connectivity index (χ1n) is 7.17. The van der Waals surface area contributed by atoms with Crippen LogP contribution in [0.4, 0.5) is 0 Å². The van der Waals surface area contributed by atoms with Gasteiger partial charge in [0, 0.05) is 12.2 Å². The molecule has 7 nitrogen and oxygen atoms in total. The Bertz CT molecular complexity index is 643. The van der Waals surface area contributed by atoms with Gasteiger partial charge in [-0.2, -0.15) is 0 Å². The van der Waals surface area contributed by atoms with Crippen LogP contribution < -0.4 is 10.3 Å². The monoisotopic (exact) mass is 325 g/mol. The maximum atomic E-state index is 12.6. The van der Waals surface area contributed by atoms with E-state index in [1.54, 1.807) is 14.0 Å². The molecule has 1 aliphatic rings. The Morgan fingerprint density at radius 1 is 1.50 bits per heavy atom. The fraction of sp³-hybridized carbons (Fsp3) is 0.571. The van der Waals surface area contributed by atoms with Gasteiger partial charge in [-0.1, -0.05) is 0 Å². The van der Waals surface area contributed by atoms with Gasteiger partial charge in [-0.3, -0.25) is 18.9 Å². The van der Waals surface area contributed by atoms with Crippen molar-refractivity contribution < 1.29 is 14.3 Å². The third-order valence-corrected chi connectivity index (χ3v) is 4.32. The molecule has 1 N–H and O–H groups in total. The fourth-order valence-electron chi connectivity index (χ4n) is 2.58. The van der Waals surface area contributed by atoms with E-state index in [2.05, 4.69) is 9.71 Å². The molecule has 120 valence electrons. The van der Waals surface area contributed by atoms with Gasteiger partial charge >= 0.3 is 5.97 Å². The Morgan fingerprint density at radius 2 is 2.23 bits per heavy atom. The molecule has 2 rings (SSSR count). The molecule has 1 aromatic heterocycles. The zero-order valence-electron chi connectivity index (χ0n) is 12.8. The van der Waals surface area contributed by atoms with Crippen LogP contribution in [0.15, 0.2) is 11.0 Å². The van der Waals surface area contributed by atoms with E-state index in [-0.39, 0.29) is 23.3 Å². The van der Waals surface area contributed by atoms with E-state index in [1.165, 1.54) is 10.8 Å². The van der Waals surface area contributed by atoms with Crippen molar-refractivity contribution >= 4 is 23.0 Å². The maximum absolute atomic E-state index is 12.6. The van der Waals surface area contributed by atoms with Crippen molar-refractivity contribution in [1.29, 1.82) is 0 Å². The van der Waals surface area contributed by atoms with Crippen LogP contribution in [0.3, 0.4) is 0 Å². The summed E-state index contributed by atoms with van der Waals surface area (Å²) >= 11 is 0.991. The van der Waals surface area contributed by atoms with E-state index in [0.29, 0.717) is 18.7 Å². The molecule has 0 saturated heterocycles. The normalized spacial score (nSPS) is 20.3. The molecule has 2 atom stereocenters. The maximum Gasteiger partial charge on any atom is 0.345 e. The molecular formula is C14H19N3O4S. The first-order valence-corrected chi connectivity index (χ1v) is 7.98. The van der Waals surface area contributed by atoms with Crippen molar-refractivity contribution in [3.05, 3.63) is 27.9 Å². The van der Waals surface area contributed by atoms with Crippen molar-refractivity contribution in [1.82, 2.24) is 14.3 Å². The molecule has 0 saturated carbocycles. The highest BCUT2D eigenvalue weighted by Crippen LogP contribution is 2.33. The van der Waals surface area contributed by atoms with Crippen molar-refractivity contribution in [2.75, 3.05) is 13.7 Å². The zero-order chi connectivity index (χ0) is 16.3. The summed E-state index contributed by atoms with van der Waals surface area (Å²) in [4.78, 5) is 40.7. The highest BCUT2D eigenvalue weighted by Gasteiger charge is 2.33.